The molecule has 0 radical (unpaired) electrons. The van der Waals surface area contributed by atoms with Gasteiger partial charge in [-0.05, 0) is 23.0 Å². The molecule has 1 unspecified atom stereocenters. The highest BCUT2D eigenvalue weighted by Crippen LogP contribution is 2.23. The van der Waals surface area contributed by atoms with E-state index in [1.165, 1.54) is 5.56 Å². The molecular formula is C18H25NO4. The van der Waals surface area contributed by atoms with Crippen LogP contribution in [0.2, 0.25) is 0 Å². The van der Waals surface area contributed by atoms with Crippen LogP contribution >= 0.6 is 0 Å². The molecule has 1 fully saturated rings. The molecule has 23 heavy (non-hydrogen) atoms. The van der Waals surface area contributed by atoms with Crippen LogP contribution in [0.4, 0.5) is 0 Å². The second kappa shape index (κ2) is 6.71. The first-order valence-corrected chi connectivity index (χ1v) is 7.94. The molecule has 5 nitrogen and oxygen atoms in total. The zero-order chi connectivity index (χ0) is 17.1. The summed E-state index contributed by atoms with van der Waals surface area (Å²) in [5.74, 6) is -1.28. The molecule has 126 valence electrons. The SMILES string of the molecule is CC(C)(C)c1ccc(CCC(=O)NC2(C(=O)O)CCOC2)cc1. The van der Waals surface area contributed by atoms with Gasteiger partial charge in [0.1, 0.15) is 0 Å². The summed E-state index contributed by atoms with van der Waals surface area (Å²) in [6.07, 6.45) is 1.17. The fraction of sp³-hybridized carbons (Fsp3) is 0.556. The van der Waals surface area contributed by atoms with Crippen LogP contribution in [0.25, 0.3) is 0 Å². The molecule has 1 aliphatic rings. The number of hydrogen-bond acceptors (Lipinski definition) is 3. The molecule has 1 aromatic rings. The van der Waals surface area contributed by atoms with E-state index in [0.29, 0.717) is 19.4 Å². The van der Waals surface area contributed by atoms with Gasteiger partial charge in [0.25, 0.3) is 0 Å². The number of aryl methyl sites for hydroxylation is 1. The Hall–Kier alpha value is -1.88. The molecule has 0 spiro atoms. The Bertz CT molecular complexity index is 566. The third kappa shape index (κ3) is 4.32. The van der Waals surface area contributed by atoms with Gasteiger partial charge in [-0.2, -0.15) is 0 Å². The lowest BCUT2D eigenvalue weighted by molar-refractivity contribution is -0.147. The second-order valence-electron chi connectivity index (χ2n) is 7.18. The van der Waals surface area contributed by atoms with Crippen LogP contribution in [0.5, 0.6) is 0 Å². The summed E-state index contributed by atoms with van der Waals surface area (Å²) in [7, 11) is 0. The van der Waals surface area contributed by atoms with E-state index in [1.54, 1.807) is 0 Å². The van der Waals surface area contributed by atoms with E-state index >= 15 is 0 Å². The number of aliphatic carboxylic acids is 1. The van der Waals surface area contributed by atoms with E-state index in [-0.39, 0.29) is 24.3 Å². The lowest BCUT2D eigenvalue weighted by Gasteiger charge is -2.23. The number of rotatable bonds is 5. The Morgan fingerprint density at radius 3 is 2.39 bits per heavy atom. The van der Waals surface area contributed by atoms with Crippen molar-refractivity contribution in [3.63, 3.8) is 0 Å². The minimum Gasteiger partial charge on any atom is -0.479 e. The van der Waals surface area contributed by atoms with Crippen LogP contribution in [0.3, 0.4) is 0 Å². The van der Waals surface area contributed by atoms with Crippen molar-refractivity contribution in [2.24, 2.45) is 0 Å². The fourth-order valence-corrected chi connectivity index (χ4v) is 2.64. The molecule has 1 amide bonds. The standard InChI is InChI=1S/C18H25NO4/c1-17(2,3)14-7-4-13(5-8-14)6-9-15(20)19-18(16(21)22)10-11-23-12-18/h4-5,7-8H,6,9-12H2,1-3H3,(H,19,20)(H,21,22). The molecular weight excluding hydrogens is 294 g/mol. The van der Waals surface area contributed by atoms with Gasteiger partial charge in [-0.3, -0.25) is 4.79 Å². The van der Waals surface area contributed by atoms with E-state index in [9.17, 15) is 14.7 Å². The Balaban J connectivity index is 1.90. The highest BCUT2D eigenvalue weighted by atomic mass is 16.5. The molecule has 1 aliphatic heterocycles. The average molecular weight is 319 g/mol. The maximum atomic E-state index is 12.1. The monoisotopic (exact) mass is 319 g/mol. The Morgan fingerprint density at radius 2 is 1.91 bits per heavy atom. The molecule has 1 heterocycles. The summed E-state index contributed by atoms with van der Waals surface area (Å²) in [6, 6.07) is 8.21. The third-order valence-electron chi connectivity index (χ3n) is 4.27. The number of hydrogen-bond donors (Lipinski definition) is 2. The highest BCUT2D eigenvalue weighted by Gasteiger charge is 2.43. The van der Waals surface area contributed by atoms with Gasteiger partial charge in [-0.25, -0.2) is 4.79 Å². The Labute approximate surface area is 137 Å². The predicted octanol–water partition coefficient (Wildman–Crippen LogP) is 2.28. The van der Waals surface area contributed by atoms with Crippen molar-refractivity contribution in [1.29, 1.82) is 0 Å². The summed E-state index contributed by atoms with van der Waals surface area (Å²) < 4.78 is 5.13. The first-order chi connectivity index (χ1) is 10.7. The second-order valence-corrected chi connectivity index (χ2v) is 7.18. The molecule has 1 atom stereocenters. The van der Waals surface area contributed by atoms with Crippen molar-refractivity contribution in [3.8, 4) is 0 Å². The lowest BCUT2D eigenvalue weighted by atomic mass is 9.86. The molecule has 1 saturated heterocycles. The Morgan fingerprint density at radius 1 is 1.26 bits per heavy atom. The lowest BCUT2D eigenvalue weighted by Crippen LogP contribution is -2.55. The molecule has 2 rings (SSSR count). The number of carboxylic acids is 1. The predicted molar refractivity (Wildman–Crippen MR) is 87.4 cm³/mol. The minimum atomic E-state index is -1.26. The van der Waals surface area contributed by atoms with Crippen molar-refractivity contribution in [3.05, 3.63) is 35.4 Å². The van der Waals surface area contributed by atoms with E-state index < -0.39 is 11.5 Å². The van der Waals surface area contributed by atoms with Crippen molar-refractivity contribution in [2.45, 2.75) is 51.0 Å². The smallest absolute Gasteiger partial charge is 0.331 e. The maximum absolute atomic E-state index is 12.1. The average Bonchev–Trinajstić information content (AvgIpc) is 2.94. The van der Waals surface area contributed by atoms with Crippen molar-refractivity contribution in [2.75, 3.05) is 13.2 Å². The number of carbonyl (C=O) groups is 2. The first-order valence-electron chi connectivity index (χ1n) is 7.94. The summed E-state index contributed by atoms with van der Waals surface area (Å²) >= 11 is 0. The van der Waals surface area contributed by atoms with Crippen LogP contribution in [0.1, 0.15) is 44.7 Å². The number of nitrogens with one attached hydrogen (secondary N) is 1. The van der Waals surface area contributed by atoms with Crippen LogP contribution < -0.4 is 5.32 Å². The van der Waals surface area contributed by atoms with Gasteiger partial charge in [-0.1, -0.05) is 45.0 Å². The molecule has 0 bridgehead atoms. The molecule has 1 aromatic carbocycles. The van der Waals surface area contributed by atoms with Gasteiger partial charge >= 0.3 is 5.97 Å². The Kier molecular flexibility index (Phi) is 5.09. The third-order valence-corrected chi connectivity index (χ3v) is 4.27. The molecule has 5 heteroatoms. The van der Waals surface area contributed by atoms with Crippen molar-refractivity contribution in [1.82, 2.24) is 5.32 Å². The minimum absolute atomic E-state index is 0.0361. The zero-order valence-corrected chi connectivity index (χ0v) is 14.0. The quantitative estimate of drug-likeness (QED) is 0.873. The number of carbonyl (C=O) groups excluding carboxylic acids is 1. The summed E-state index contributed by atoms with van der Waals surface area (Å²) in [6.45, 7) is 6.87. The molecule has 0 aliphatic carbocycles. The van der Waals surface area contributed by atoms with E-state index in [0.717, 1.165) is 5.56 Å². The van der Waals surface area contributed by atoms with Crippen LogP contribution in [0, 0.1) is 0 Å². The first kappa shape index (κ1) is 17.5. The van der Waals surface area contributed by atoms with Gasteiger partial charge in [-0.15, -0.1) is 0 Å². The number of benzene rings is 1. The topological polar surface area (TPSA) is 75.6 Å². The van der Waals surface area contributed by atoms with Gasteiger partial charge in [0, 0.05) is 19.4 Å². The van der Waals surface area contributed by atoms with Crippen LogP contribution in [-0.2, 0) is 26.2 Å². The van der Waals surface area contributed by atoms with Gasteiger partial charge in [0.2, 0.25) is 5.91 Å². The van der Waals surface area contributed by atoms with E-state index in [2.05, 4.69) is 38.2 Å². The fourth-order valence-electron chi connectivity index (χ4n) is 2.64. The van der Waals surface area contributed by atoms with Crippen molar-refractivity contribution < 1.29 is 19.4 Å². The van der Waals surface area contributed by atoms with Crippen LogP contribution in [-0.4, -0.2) is 35.7 Å². The summed E-state index contributed by atoms with van der Waals surface area (Å²) in [5.41, 5.74) is 1.17. The zero-order valence-electron chi connectivity index (χ0n) is 14.0. The van der Waals surface area contributed by atoms with Gasteiger partial charge in [0.05, 0.1) is 6.61 Å². The van der Waals surface area contributed by atoms with Crippen molar-refractivity contribution >= 4 is 11.9 Å². The normalized spacial score (nSPS) is 21.2. The number of carboxylic acid groups (broad SMARTS) is 1. The van der Waals surface area contributed by atoms with Crippen LogP contribution in [0.15, 0.2) is 24.3 Å². The summed E-state index contributed by atoms with van der Waals surface area (Å²) in [4.78, 5) is 23.4. The highest BCUT2D eigenvalue weighted by molar-refractivity contribution is 5.87. The molecule has 0 saturated carbocycles. The molecule has 2 N–H and O–H groups in total. The number of ether oxygens (including phenoxy) is 1. The van der Waals surface area contributed by atoms with E-state index in [1.807, 2.05) is 12.1 Å². The van der Waals surface area contributed by atoms with E-state index in [4.69, 9.17) is 4.74 Å². The summed E-state index contributed by atoms with van der Waals surface area (Å²) in [5, 5.41) is 11.9. The van der Waals surface area contributed by atoms with Gasteiger partial charge < -0.3 is 15.2 Å². The van der Waals surface area contributed by atoms with Gasteiger partial charge in [0.15, 0.2) is 5.54 Å². The maximum Gasteiger partial charge on any atom is 0.331 e. The molecule has 0 aromatic heterocycles. The number of amides is 1. The largest absolute Gasteiger partial charge is 0.479 e.